The summed E-state index contributed by atoms with van der Waals surface area (Å²) in [5.41, 5.74) is 1.34. The summed E-state index contributed by atoms with van der Waals surface area (Å²) in [6, 6.07) is 13.0. The fourth-order valence-corrected chi connectivity index (χ4v) is 4.29. The average Bonchev–Trinajstić information content (AvgIpc) is 3.61. The number of carbonyl (C=O) groups excluding carboxylic acids is 2. The highest BCUT2D eigenvalue weighted by Crippen LogP contribution is 2.48. The molecule has 37 heavy (non-hydrogen) atoms. The van der Waals surface area contributed by atoms with Gasteiger partial charge in [0.2, 0.25) is 11.8 Å². The average molecular weight is 544 g/mol. The molecule has 2 amide bonds. The van der Waals surface area contributed by atoms with Crippen molar-refractivity contribution in [2.75, 3.05) is 10.0 Å². The van der Waals surface area contributed by atoms with Gasteiger partial charge in [-0.25, -0.2) is 13.2 Å². The van der Waals surface area contributed by atoms with Crippen molar-refractivity contribution in [3.8, 4) is 0 Å². The normalized spacial score (nSPS) is 14.9. The van der Waals surface area contributed by atoms with Gasteiger partial charge in [-0.3, -0.25) is 14.3 Å². The predicted molar refractivity (Wildman–Crippen MR) is 130 cm³/mol. The minimum absolute atomic E-state index is 0.0319. The van der Waals surface area contributed by atoms with E-state index in [1.165, 1.54) is 31.2 Å². The second-order valence-corrected chi connectivity index (χ2v) is 10.2. The van der Waals surface area contributed by atoms with Gasteiger partial charge in [0.05, 0.1) is 10.3 Å². The molecule has 0 saturated heterocycles. The third-order valence-corrected chi connectivity index (χ3v) is 6.99. The number of carboxylic acids is 1. The number of hydrogen-bond acceptors (Lipinski definition) is 5. The molecule has 9 nitrogen and oxygen atoms in total. The van der Waals surface area contributed by atoms with Crippen molar-refractivity contribution in [1.29, 1.82) is 0 Å². The van der Waals surface area contributed by atoms with E-state index in [0.29, 0.717) is 11.4 Å². The third-order valence-electron chi connectivity index (χ3n) is 5.59. The summed E-state index contributed by atoms with van der Waals surface area (Å²) in [5, 5.41) is 12.8. The number of amides is 2. The summed E-state index contributed by atoms with van der Waals surface area (Å²) in [6.07, 6.45) is -2.63. The minimum atomic E-state index is -5.08. The number of sulfonamides is 1. The van der Waals surface area contributed by atoms with E-state index < -0.39 is 27.6 Å². The van der Waals surface area contributed by atoms with Crippen LogP contribution in [-0.2, 0) is 29.8 Å². The van der Waals surface area contributed by atoms with Crippen LogP contribution in [-0.4, -0.2) is 43.5 Å². The minimum Gasteiger partial charge on any atom is -0.475 e. The highest BCUT2D eigenvalue weighted by Gasteiger charge is 2.51. The number of alkyl halides is 3. The molecule has 0 heterocycles. The van der Waals surface area contributed by atoms with Crippen molar-refractivity contribution < 1.29 is 41.1 Å². The maximum absolute atomic E-state index is 12.6. The zero-order chi connectivity index (χ0) is 28.0. The Hall–Kier alpha value is -3.61. The van der Waals surface area contributed by atoms with E-state index >= 15 is 0 Å². The summed E-state index contributed by atoms with van der Waals surface area (Å²) in [6.45, 7) is 5.39. The monoisotopic (exact) mass is 543 g/mol. The van der Waals surface area contributed by atoms with Crippen molar-refractivity contribution in [2.45, 2.75) is 62.6 Å². The zero-order valence-electron chi connectivity index (χ0n) is 20.3. The maximum atomic E-state index is 12.6. The van der Waals surface area contributed by atoms with Crippen LogP contribution in [0.2, 0.25) is 0 Å². The van der Waals surface area contributed by atoms with Gasteiger partial charge in [0.1, 0.15) is 0 Å². The van der Waals surface area contributed by atoms with E-state index in [4.69, 9.17) is 9.90 Å². The van der Waals surface area contributed by atoms with Crippen molar-refractivity contribution >= 4 is 39.2 Å². The lowest BCUT2D eigenvalue weighted by atomic mass is 9.94. The van der Waals surface area contributed by atoms with Crippen molar-refractivity contribution in [3.63, 3.8) is 0 Å². The largest absolute Gasteiger partial charge is 0.490 e. The topological polar surface area (TPSA) is 142 Å². The van der Waals surface area contributed by atoms with Crippen LogP contribution < -0.4 is 15.4 Å². The van der Waals surface area contributed by atoms with Crippen LogP contribution in [0.15, 0.2) is 53.4 Å². The highest BCUT2D eigenvalue weighted by atomic mass is 32.2. The molecule has 0 bridgehead atoms. The lowest BCUT2D eigenvalue weighted by Gasteiger charge is -2.19. The lowest BCUT2D eigenvalue weighted by molar-refractivity contribution is -0.192. The van der Waals surface area contributed by atoms with E-state index in [9.17, 15) is 31.2 Å². The predicted octanol–water partition coefficient (Wildman–Crippen LogP) is 4.03. The Morgan fingerprint density at radius 3 is 1.89 bits per heavy atom. The molecule has 202 valence electrons. The van der Waals surface area contributed by atoms with Crippen LogP contribution >= 0.6 is 0 Å². The highest BCUT2D eigenvalue weighted by molar-refractivity contribution is 7.92. The quantitative estimate of drug-likeness (QED) is 0.396. The first-order valence-electron chi connectivity index (χ1n) is 11.2. The Morgan fingerprint density at radius 1 is 1.00 bits per heavy atom. The second kappa shape index (κ2) is 11.6. The Bertz CT molecular complexity index is 1230. The summed E-state index contributed by atoms with van der Waals surface area (Å²) >= 11 is 0. The van der Waals surface area contributed by atoms with E-state index in [1.807, 2.05) is 13.8 Å². The summed E-state index contributed by atoms with van der Waals surface area (Å²) in [5.74, 6) is -2.95. The SMILES string of the molecule is CCC(C)NC(=O)C1(c2ccc(NS(=O)(=O)c3ccc(NC(C)=O)cc3)cc2)CC1.O=C(O)C(F)(F)F. The Kier molecular flexibility index (Phi) is 9.31. The molecule has 13 heteroatoms. The zero-order valence-corrected chi connectivity index (χ0v) is 21.2. The molecule has 2 aromatic rings. The Balaban J connectivity index is 0.000000604. The third kappa shape index (κ3) is 8.20. The van der Waals surface area contributed by atoms with Gasteiger partial charge in [0, 0.05) is 24.3 Å². The first kappa shape index (κ1) is 29.6. The first-order valence-corrected chi connectivity index (χ1v) is 12.7. The molecule has 1 aliphatic rings. The number of anilines is 2. The molecule has 1 saturated carbocycles. The van der Waals surface area contributed by atoms with Crippen molar-refractivity contribution in [1.82, 2.24) is 5.32 Å². The molecule has 0 aliphatic heterocycles. The Morgan fingerprint density at radius 2 is 1.49 bits per heavy atom. The number of carboxylic acid groups (broad SMARTS) is 1. The first-order chi connectivity index (χ1) is 17.1. The fraction of sp³-hybridized carbons (Fsp3) is 0.375. The van der Waals surface area contributed by atoms with Gasteiger partial charge in [-0.05, 0) is 68.1 Å². The second-order valence-electron chi connectivity index (χ2n) is 8.56. The molecular formula is C24H28F3N3O6S. The van der Waals surface area contributed by atoms with Crippen LogP contribution in [0.4, 0.5) is 24.5 Å². The van der Waals surface area contributed by atoms with Gasteiger partial charge < -0.3 is 15.7 Å². The number of benzene rings is 2. The Labute approximate surface area is 212 Å². The molecule has 1 unspecified atom stereocenters. The summed E-state index contributed by atoms with van der Waals surface area (Å²) < 4.78 is 59.5. The molecule has 1 atom stereocenters. The van der Waals surface area contributed by atoms with Gasteiger partial charge in [0.25, 0.3) is 10.0 Å². The van der Waals surface area contributed by atoms with Gasteiger partial charge in [-0.2, -0.15) is 13.2 Å². The molecule has 0 aromatic heterocycles. The molecule has 4 N–H and O–H groups in total. The van der Waals surface area contributed by atoms with Gasteiger partial charge >= 0.3 is 12.1 Å². The summed E-state index contributed by atoms with van der Waals surface area (Å²) in [7, 11) is -3.77. The van der Waals surface area contributed by atoms with Crippen LogP contribution in [0.25, 0.3) is 0 Å². The number of hydrogen-bond donors (Lipinski definition) is 4. The number of carbonyl (C=O) groups is 3. The number of aliphatic carboxylic acids is 1. The number of rotatable bonds is 8. The maximum Gasteiger partial charge on any atom is 0.490 e. The van der Waals surface area contributed by atoms with Crippen LogP contribution in [0.3, 0.4) is 0 Å². The standard InChI is InChI=1S/C22H27N3O4S.C2HF3O2/c1-4-15(2)23-21(27)22(13-14-22)17-5-7-19(8-6-17)25-30(28,29)20-11-9-18(10-12-20)24-16(3)26;3-2(4,5)1(6)7/h5-12,15,25H,4,13-14H2,1-3H3,(H,23,27)(H,24,26);(H,6,7). The van der Waals surface area contributed by atoms with Crippen LogP contribution in [0.1, 0.15) is 45.6 Å². The lowest BCUT2D eigenvalue weighted by Crippen LogP contribution is -2.39. The molecular weight excluding hydrogens is 515 g/mol. The molecule has 3 rings (SSSR count). The van der Waals surface area contributed by atoms with E-state index in [1.54, 1.807) is 24.3 Å². The van der Waals surface area contributed by atoms with E-state index in [0.717, 1.165) is 24.8 Å². The van der Waals surface area contributed by atoms with Gasteiger partial charge in [-0.15, -0.1) is 0 Å². The molecule has 1 aliphatic carbocycles. The van der Waals surface area contributed by atoms with E-state index in [-0.39, 0.29) is 22.8 Å². The fourth-order valence-electron chi connectivity index (χ4n) is 3.23. The van der Waals surface area contributed by atoms with Crippen molar-refractivity contribution in [3.05, 3.63) is 54.1 Å². The van der Waals surface area contributed by atoms with Crippen molar-refractivity contribution in [2.24, 2.45) is 0 Å². The number of nitrogens with one attached hydrogen (secondary N) is 3. The summed E-state index contributed by atoms with van der Waals surface area (Å²) in [4.78, 5) is 32.7. The molecule has 2 aromatic carbocycles. The molecule has 1 fully saturated rings. The van der Waals surface area contributed by atoms with Gasteiger partial charge in [-0.1, -0.05) is 19.1 Å². The van der Waals surface area contributed by atoms with Crippen LogP contribution in [0, 0.1) is 0 Å². The van der Waals surface area contributed by atoms with Gasteiger partial charge in [0.15, 0.2) is 0 Å². The smallest absolute Gasteiger partial charge is 0.475 e. The molecule has 0 radical (unpaired) electrons. The van der Waals surface area contributed by atoms with E-state index in [2.05, 4.69) is 15.4 Å². The molecule has 0 spiro atoms. The van der Waals surface area contributed by atoms with Crippen LogP contribution in [0.5, 0.6) is 0 Å². The number of halogens is 3.